The largest absolute Gasteiger partial charge is 0.385 e. The summed E-state index contributed by atoms with van der Waals surface area (Å²) in [5.41, 5.74) is 2.41. The van der Waals surface area contributed by atoms with Gasteiger partial charge in [0.25, 0.3) is 0 Å². The molecule has 2 aromatic carbocycles. The third-order valence-electron chi connectivity index (χ3n) is 6.06. The normalized spacial score (nSPS) is 27.6. The van der Waals surface area contributed by atoms with Gasteiger partial charge in [0.05, 0.1) is 25.0 Å². The number of aromatic nitrogens is 1. The quantitative estimate of drug-likeness (QED) is 0.754. The van der Waals surface area contributed by atoms with E-state index in [1.165, 1.54) is 5.56 Å². The lowest BCUT2D eigenvalue weighted by Gasteiger charge is -2.52. The van der Waals surface area contributed by atoms with Gasteiger partial charge in [0.1, 0.15) is 0 Å². The Morgan fingerprint density at radius 2 is 1.68 bits per heavy atom. The monoisotopic (exact) mass is 376 g/mol. The van der Waals surface area contributed by atoms with Gasteiger partial charge in [0.2, 0.25) is 0 Å². The van der Waals surface area contributed by atoms with Crippen molar-refractivity contribution in [3.63, 3.8) is 0 Å². The molecule has 0 spiro atoms. The van der Waals surface area contributed by atoms with Crippen LogP contribution < -0.4 is 0 Å². The lowest BCUT2D eigenvalue weighted by Crippen LogP contribution is -2.60. The number of hydrogen-bond acceptors (Lipinski definition) is 5. The Balaban J connectivity index is 1.37. The molecule has 2 unspecified atom stereocenters. The van der Waals surface area contributed by atoms with Gasteiger partial charge in [0.15, 0.2) is 5.76 Å². The molecule has 28 heavy (non-hydrogen) atoms. The fourth-order valence-electron chi connectivity index (χ4n) is 4.64. The summed E-state index contributed by atoms with van der Waals surface area (Å²) in [6, 6.07) is 20.8. The highest BCUT2D eigenvalue weighted by Gasteiger charge is 2.46. The maximum Gasteiger partial charge on any atom is 0.166 e. The van der Waals surface area contributed by atoms with Gasteiger partial charge in [-0.25, -0.2) is 0 Å². The first kappa shape index (κ1) is 17.6. The molecule has 1 aromatic heterocycles. The highest BCUT2D eigenvalue weighted by atomic mass is 16.5. The van der Waals surface area contributed by atoms with Gasteiger partial charge >= 0.3 is 0 Å². The summed E-state index contributed by atoms with van der Waals surface area (Å²) >= 11 is 0. The summed E-state index contributed by atoms with van der Waals surface area (Å²) < 4.78 is 11.1. The summed E-state index contributed by atoms with van der Waals surface area (Å²) in [7, 11) is 0. The Hall–Kier alpha value is -2.47. The van der Waals surface area contributed by atoms with Gasteiger partial charge in [-0.2, -0.15) is 0 Å². The van der Waals surface area contributed by atoms with Crippen molar-refractivity contribution in [2.24, 2.45) is 0 Å². The minimum absolute atomic E-state index is 0.214. The van der Waals surface area contributed by atoms with Crippen LogP contribution >= 0.6 is 0 Å². The van der Waals surface area contributed by atoms with Crippen molar-refractivity contribution >= 4 is 0 Å². The van der Waals surface area contributed by atoms with E-state index < -0.39 is 5.60 Å². The van der Waals surface area contributed by atoms with Crippen molar-refractivity contribution < 1.29 is 14.4 Å². The molecule has 5 nitrogen and oxygen atoms in total. The molecule has 1 N–H and O–H groups in total. The highest BCUT2D eigenvalue weighted by molar-refractivity contribution is 5.57. The molecule has 0 saturated carbocycles. The standard InChI is InChI=1S/C23H24N2O3/c26-23(19-8-6-18(7-9-19)22-10-11-24-28-22)12-20-15-27-16-21(13-23)25(20)14-17-4-2-1-3-5-17/h1-11,20-21,26H,12-16H2. The topological polar surface area (TPSA) is 58.7 Å². The molecule has 0 radical (unpaired) electrons. The predicted octanol–water partition coefficient (Wildman–Crippen LogP) is 3.59. The van der Waals surface area contributed by atoms with E-state index in [0.29, 0.717) is 26.1 Å². The molecule has 0 amide bonds. The van der Waals surface area contributed by atoms with Gasteiger partial charge in [-0.05, 0) is 24.0 Å². The molecule has 2 saturated heterocycles. The number of hydrogen-bond donors (Lipinski definition) is 1. The number of benzene rings is 2. The minimum Gasteiger partial charge on any atom is -0.385 e. The third-order valence-corrected chi connectivity index (χ3v) is 6.06. The zero-order valence-corrected chi connectivity index (χ0v) is 15.7. The van der Waals surface area contributed by atoms with E-state index in [1.54, 1.807) is 6.20 Å². The van der Waals surface area contributed by atoms with Crippen molar-refractivity contribution in [3.8, 4) is 11.3 Å². The smallest absolute Gasteiger partial charge is 0.166 e. The summed E-state index contributed by atoms with van der Waals surface area (Å²) in [6.45, 7) is 2.24. The summed E-state index contributed by atoms with van der Waals surface area (Å²) in [5, 5.41) is 15.3. The molecule has 2 aliphatic rings. The van der Waals surface area contributed by atoms with Crippen LogP contribution in [0.4, 0.5) is 0 Å². The lowest BCUT2D eigenvalue weighted by atomic mass is 9.76. The van der Waals surface area contributed by atoms with Crippen LogP contribution in [-0.2, 0) is 16.9 Å². The average molecular weight is 376 g/mol. The number of piperidine rings is 1. The van der Waals surface area contributed by atoms with Crippen molar-refractivity contribution in [2.75, 3.05) is 13.2 Å². The molecule has 5 heteroatoms. The van der Waals surface area contributed by atoms with E-state index in [-0.39, 0.29) is 12.1 Å². The Morgan fingerprint density at radius 3 is 2.32 bits per heavy atom. The third kappa shape index (κ3) is 3.26. The van der Waals surface area contributed by atoms with Crippen molar-refractivity contribution in [1.29, 1.82) is 0 Å². The van der Waals surface area contributed by atoms with Gasteiger partial charge in [-0.3, -0.25) is 4.90 Å². The predicted molar refractivity (Wildman–Crippen MR) is 105 cm³/mol. The Morgan fingerprint density at radius 1 is 0.964 bits per heavy atom. The van der Waals surface area contributed by atoms with Crippen LogP contribution in [0.3, 0.4) is 0 Å². The average Bonchev–Trinajstić information content (AvgIpc) is 3.25. The van der Waals surface area contributed by atoms with Crippen LogP contribution in [0, 0.1) is 0 Å². The molecule has 5 rings (SSSR count). The number of aliphatic hydroxyl groups is 1. The fourth-order valence-corrected chi connectivity index (χ4v) is 4.64. The molecule has 0 aliphatic carbocycles. The van der Waals surface area contributed by atoms with Gasteiger partial charge in [0, 0.05) is 30.3 Å². The van der Waals surface area contributed by atoms with Crippen LogP contribution in [-0.4, -0.2) is 40.5 Å². The SMILES string of the molecule is OC1(c2ccc(-c3ccno3)cc2)CC2COCC(C1)N2Cc1ccccc1. The molecule has 144 valence electrons. The van der Waals surface area contributed by atoms with E-state index in [1.807, 2.05) is 36.4 Å². The van der Waals surface area contributed by atoms with E-state index in [4.69, 9.17) is 9.26 Å². The maximum atomic E-state index is 11.5. The second kappa shape index (κ2) is 7.17. The molecule has 2 aliphatic heterocycles. The van der Waals surface area contributed by atoms with E-state index in [0.717, 1.165) is 23.4 Å². The molecular weight excluding hydrogens is 352 g/mol. The van der Waals surface area contributed by atoms with Crippen molar-refractivity contribution in [3.05, 3.63) is 78.0 Å². The Kier molecular flexibility index (Phi) is 4.51. The Bertz CT molecular complexity index is 895. The van der Waals surface area contributed by atoms with Crippen LogP contribution in [0.5, 0.6) is 0 Å². The van der Waals surface area contributed by atoms with Crippen molar-refractivity contribution in [1.82, 2.24) is 10.1 Å². The maximum absolute atomic E-state index is 11.5. The van der Waals surface area contributed by atoms with E-state index in [2.05, 4.69) is 34.3 Å². The first-order valence-electron chi connectivity index (χ1n) is 9.83. The van der Waals surface area contributed by atoms with Crippen LogP contribution in [0.25, 0.3) is 11.3 Å². The highest BCUT2D eigenvalue weighted by Crippen LogP contribution is 2.42. The fraction of sp³-hybridized carbons (Fsp3) is 0.348. The van der Waals surface area contributed by atoms with Crippen LogP contribution in [0.2, 0.25) is 0 Å². The van der Waals surface area contributed by atoms with Gasteiger partial charge < -0.3 is 14.4 Å². The molecule has 2 bridgehead atoms. The summed E-state index contributed by atoms with van der Waals surface area (Å²) in [5.74, 6) is 0.737. The van der Waals surface area contributed by atoms with E-state index >= 15 is 0 Å². The van der Waals surface area contributed by atoms with E-state index in [9.17, 15) is 5.11 Å². The first-order valence-corrected chi connectivity index (χ1v) is 9.83. The van der Waals surface area contributed by atoms with Crippen molar-refractivity contribution in [2.45, 2.75) is 37.1 Å². The zero-order chi connectivity index (χ0) is 19.0. The lowest BCUT2D eigenvalue weighted by molar-refractivity contribution is -0.149. The molecule has 2 atom stereocenters. The molecule has 3 aromatic rings. The van der Waals surface area contributed by atoms with Crippen LogP contribution in [0.15, 0.2) is 71.4 Å². The second-order valence-electron chi connectivity index (χ2n) is 7.90. The summed E-state index contributed by atoms with van der Waals surface area (Å²) in [6.07, 6.45) is 3.00. The van der Waals surface area contributed by atoms with Crippen LogP contribution in [0.1, 0.15) is 24.0 Å². The molecule has 2 fully saturated rings. The number of ether oxygens (including phenoxy) is 1. The number of morpholine rings is 1. The minimum atomic E-state index is -0.827. The second-order valence-corrected chi connectivity index (χ2v) is 7.90. The number of rotatable bonds is 4. The number of fused-ring (bicyclic) bond motifs is 2. The van der Waals surface area contributed by atoms with Gasteiger partial charge in [-0.1, -0.05) is 59.8 Å². The number of nitrogens with zero attached hydrogens (tertiary/aromatic N) is 2. The van der Waals surface area contributed by atoms with Gasteiger partial charge in [-0.15, -0.1) is 0 Å². The summed E-state index contributed by atoms with van der Waals surface area (Å²) in [4.78, 5) is 2.51. The first-order chi connectivity index (χ1) is 13.7. The molecular formula is C23H24N2O3. The zero-order valence-electron chi connectivity index (χ0n) is 15.7. The molecule has 3 heterocycles. The Labute approximate surface area is 164 Å².